The predicted octanol–water partition coefficient (Wildman–Crippen LogP) is 4.12. The summed E-state index contributed by atoms with van der Waals surface area (Å²) in [4.78, 5) is 30.8. The first-order valence-electron chi connectivity index (χ1n) is 11.3. The van der Waals surface area contributed by atoms with Gasteiger partial charge in [0.15, 0.2) is 11.5 Å². The Bertz CT molecular complexity index is 1090. The maximum absolute atomic E-state index is 13.8. The summed E-state index contributed by atoms with van der Waals surface area (Å²) in [5, 5.41) is 0. The van der Waals surface area contributed by atoms with Gasteiger partial charge in [-0.2, -0.15) is 0 Å². The highest BCUT2D eigenvalue weighted by molar-refractivity contribution is 6.45. The highest BCUT2D eigenvalue weighted by Crippen LogP contribution is 2.39. The molecule has 0 aliphatic carbocycles. The fourth-order valence-corrected chi connectivity index (χ4v) is 4.41. The second-order valence-corrected chi connectivity index (χ2v) is 8.34. The molecule has 0 saturated carbocycles. The van der Waals surface area contributed by atoms with Crippen molar-refractivity contribution in [3.63, 3.8) is 0 Å². The molecule has 0 radical (unpaired) electrons. The molecule has 174 valence electrons. The number of ether oxygens (including phenoxy) is 3. The Hall–Kier alpha value is -3.48. The number of anilines is 1. The van der Waals surface area contributed by atoms with Gasteiger partial charge in [-0.05, 0) is 55.5 Å². The number of hydrogen-bond acceptors (Lipinski definition) is 6. The van der Waals surface area contributed by atoms with Crippen LogP contribution in [-0.4, -0.2) is 50.6 Å². The van der Waals surface area contributed by atoms with Crippen molar-refractivity contribution in [3.8, 4) is 17.2 Å². The van der Waals surface area contributed by atoms with Crippen LogP contribution in [-0.2, 0) is 9.59 Å². The van der Waals surface area contributed by atoms with E-state index in [2.05, 4.69) is 11.8 Å². The lowest BCUT2D eigenvalue weighted by Crippen LogP contribution is -2.38. The van der Waals surface area contributed by atoms with E-state index in [0.29, 0.717) is 52.3 Å². The van der Waals surface area contributed by atoms with E-state index in [0.717, 1.165) is 25.9 Å². The lowest BCUT2D eigenvalue weighted by molar-refractivity contribution is -0.120. The van der Waals surface area contributed by atoms with Gasteiger partial charge in [-0.1, -0.05) is 19.1 Å². The SMILES string of the molecule is CCOc1cccc(N2C(=O)C(c3ccc(OC)c(OC)c3)=C(N3CCC(C)CC3)C2=O)c1. The fourth-order valence-electron chi connectivity index (χ4n) is 4.41. The number of imide groups is 1. The number of piperidine rings is 1. The maximum Gasteiger partial charge on any atom is 0.282 e. The summed E-state index contributed by atoms with van der Waals surface area (Å²) < 4.78 is 16.4. The van der Waals surface area contributed by atoms with Gasteiger partial charge in [0, 0.05) is 19.2 Å². The van der Waals surface area contributed by atoms with E-state index in [-0.39, 0.29) is 11.8 Å². The summed E-state index contributed by atoms with van der Waals surface area (Å²) in [6.07, 6.45) is 1.95. The van der Waals surface area contributed by atoms with E-state index in [9.17, 15) is 9.59 Å². The van der Waals surface area contributed by atoms with Crippen LogP contribution in [0.4, 0.5) is 5.69 Å². The molecule has 0 unspecified atom stereocenters. The number of carbonyl (C=O) groups excluding carboxylic acids is 2. The molecule has 2 aliphatic rings. The van der Waals surface area contributed by atoms with Crippen LogP contribution in [0.25, 0.3) is 5.57 Å². The Balaban J connectivity index is 1.81. The van der Waals surface area contributed by atoms with Crippen molar-refractivity contribution in [2.75, 3.05) is 38.8 Å². The molecule has 1 saturated heterocycles. The van der Waals surface area contributed by atoms with Gasteiger partial charge in [0.2, 0.25) is 0 Å². The van der Waals surface area contributed by atoms with Crippen molar-refractivity contribution < 1.29 is 23.8 Å². The maximum atomic E-state index is 13.8. The minimum atomic E-state index is -0.352. The first-order chi connectivity index (χ1) is 16.0. The number of nitrogens with zero attached hydrogens (tertiary/aromatic N) is 2. The lowest BCUT2D eigenvalue weighted by atomic mass is 9.97. The van der Waals surface area contributed by atoms with Crippen LogP contribution in [0.5, 0.6) is 17.2 Å². The molecular formula is C26H30N2O5. The van der Waals surface area contributed by atoms with Crippen LogP contribution in [0.15, 0.2) is 48.2 Å². The van der Waals surface area contributed by atoms with E-state index >= 15 is 0 Å². The monoisotopic (exact) mass is 450 g/mol. The first kappa shape index (κ1) is 22.7. The first-order valence-corrected chi connectivity index (χ1v) is 11.3. The van der Waals surface area contributed by atoms with Crippen molar-refractivity contribution >= 4 is 23.1 Å². The highest BCUT2D eigenvalue weighted by atomic mass is 16.5. The number of likely N-dealkylation sites (tertiary alicyclic amines) is 1. The molecule has 2 amide bonds. The molecule has 0 N–H and O–H groups in total. The number of hydrogen-bond donors (Lipinski definition) is 0. The van der Waals surface area contributed by atoms with E-state index in [4.69, 9.17) is 14.2 Å². The van der Waals surface area contributed by atoms with Crippen LogP contribution in [0.3, 0.4) is 0 Å². The normalized spacial score (nSPS) is 17.1. The van der Waals surface area contributed by atoms with Gasteiger partial charge < -0.3 is 19.1 Å². The minimum Gasteiger partial charge on any atom is -0.494 e. The molecule has 0 bridgehead atoms. The molecule has 2 aliphatic heterocycles. The number of carbonyl (C=O) groups is 2. The van der Waals surface area contributed by atoms with Gasteiger partial charge in [-0.25, -0.2) is 4.90 Å². The summed E-state index contributed by atoms with van der Waals surface area (Å²) in [6, 6.07) is 12.4. The average molecular weight is 451 g/mol. The van der Waals surface area contributed by atoms with Gasteiger partial charge in [-0.3, -0.25) is 9.59 Å². The van der Waals surface area contributed by atoms with Gasteiger partial charge in [0.25, 0.3) is 11.8 Å². The number of methoxy groups -OCH3 is 2. The van der Waals surface area contributed by atoms with Gasteiger partial charge in [0.1, 0.15) is 11.4 Å². The highest BCUT2D eigenvalue weighted by Gasteiger charge is 2.43. The van der Waals surface area contributed by atoms with Crippen molar-refractivity contribution in [2.45, 2.75) is 26.7 Å². The minimum absolute atomic E-state index is 0.312. The molecule has 1 fully saturated rings. The summed E-state index contributed by atoms with van der Waals surface area (Å²) in [5.74, 6) is 1.61. The molecule has 2 aromatic rings. The summed E-state index contributed by atoms with van der Waals surface area (Å²) in [5.41, 5.74) is 1.95. The van der Waals surface area contributed by atoms with Crippen molar-refractivity contribution in [3.05, 3.63) is 53.7 Å². The zero-order valence-electron chi connectivity index (χ0n) is 19.6. The third-order valence-electron chi connectivity index (χ3n) is 6.22. The predicted molar refractivity (Wildman–Crippen MR) is 127 cm³/mol. The fraction of sp³-hybridized carbons (Fsp3) is 0.385. The average Bonchev–Trinajstić information content (AvgIpc) is 3.09. The van der Waals surface area contributed by atoms with Gasteiger partial charge >= 0.3 is 0 Å². The second kappa shape index (κ2) is 9.57. The van der Waals surface area contributed by atoms with Crippen molar-refractivity contribution in [1.82, 2.24) is 4.90 Å². The van der Waals surface area contributed by atoms with Crippen LogP contribution in [0.1, 0.15) is 32.3 Å². The molecule has 0 atom stereocenters. The van der Waals surface area contributed by atoms with Gasteiger partial charge in [0.05, 0.1) is 32.1 Å². The molecule has 0 aromatic heterocycles. The number of amides is 2. The zero-order valence-corrected chi connectivity index (χ0v) is 19.6. The topological polar surface area (TPSA) is 68.3 Å². The molecule has 33 heavy (non-hydrogen) atoms. The Morgan fingerprint density at radius 1 is 0.939 bits per heavy atom. The number of rotatable bonds is 7. The Morgan fingerprint density at radius 2 is 1.67 bits per heavy atom. The summed E-state index contributed by atoms with van der Waals surface area (Å²) in [6.45, 7) is 6.08. The number of benzene rings is 2. The van der Waals surface area contributed by atoms with Crippen LogP contribution in [0.2, 0.25) is 0 Å². The molecule has 7 nitrogen and oxygen atoms in total. The van der Waals surface area contributed by atoms with Crippen LogP contribution >= 0.6 is 0 Å². The molecule has 2 heterocycles. The zero-order chi connectivity index (χ0) is 23.5. The lowest BCUT2D eigenvalue weighted by Gasteiger charge is -2.32. The molecule has 0 spiro atoms. The van der Waals surface area contributed by atoms with Gasteiger partial charge in [-0.15, -0.1) is 0 Å². The largest absolute Gasteiger partial charge is 0.494 e. The Labute approximate surface area is 194 Å². The molecular weight excluding hydrogens is 420 g/mol. The van der Waals surface area contributed by atoms with Crippen LogP contribution in [0, 0.1) is 5.92 Å². The third-order valence-corrected chi connectivity index (χ3v) is 6.22. The molecule has 4 rings (SSSR count). The summed E-state index contributed by atoms with van der Waals surface area (Å²) >= 11 is 0. The van der Waals surface area contributed by atoms with E-state index in [1.807, 2.05) is 13.0 Å². The van der Waals surface area contributed by atoms with Crippen molar-refractivity contribution in [2.24, 2.45) is 5.92 Å². The molecule has 2 aromatic carbocycles. The van der Waals surface area contributed by atoms with Crippen molar-refractivity contribution in [1.29, 1.82) is 0 Å². The van der Waals surface area contributed by atoms with E-state index < -0.39 is 0 Å². The quantitative estimate of drug-likeness (QED) is 0.591. The third kappa shape index (κ3) is 4.27. The second-order valence-electron chi connectivity index (χ2n) is 8.34. The van der Waals surface area contributed by atoms with E-state index in [1.54, 1.807) is 50.6 Å². The Kier molecular flexibility index (Phi) is 6.58. The van der Waals surface area contributed by atoms with E-state index in [1.165, 1.54) is 4.90 Å². The summed E-state index contributed by atoms with van der Waals surface area (Å²) in [7, 11) is 3.12. The molecule has 7 heteroatoms. The smallest absolute Gasteiger partial charge is 0.282 e. The van der Waals surface area contributed by atoms with Crippen LogP contribution < -0.4 is 19.1 Å². The Morgan fingerprint density at radius 3 is 2.33 bits per heavy atom. The standard InChI is InChI=1S/C26H30N2O5/c1-5-33-20-8-6-7-19(16-20)28-25(29)23(18-9-10-21(31-3)22(15-18)32-4)24(26(28)30)27-13-11-17(2)12-14-27/h6-10,15-17H,5,11-14H2,1-4H3.